The van der Waals surface area contributed by atoms with E-state index in [-0.39, 0.29) is 17.4 Å². The summed E-state index contributed by atoms with van der Waals surface area (Å²) in [5.74, 6) is 5.81. The third-order valence-electron chi connectivity index (χ3n) is 3.33. The van der Waals surface area contributed by atoms with E-state index >= 15 is 0 Å². The van der Waals surface area contributed by atoms with Gasteiger partial charge in [-0.05, 0) is 30.7 Å². The Bertz CT molecular complexity index is 754. The SMILES string of the molecule is Cc1ncccc1C(NN)c1cc2cccc(F)c2o1. The van der Waals surface area contributed by atoms with E-state index in [0.29, 0.717) is 11.1 Å². The number of aromatic nitrogens is 1. The van der Waals surface area contributed by atoms with Crippen LogP contribution in [0.1, 0.15) is 23.1 Å². The number of halogens is 1. The minimum atomic E-state index is -0.382. The second kappa shape index (κ2) is 5.03. The molecule has 3 rings (SSSR count). The highest BCUT2D eigenvalue weighted by Crippen LogP contribution is 2.29. The Morgan fingerprint density at radius 3 is 2.85 bits per heavy atom. The zero-order valence-corrected chi connectivity index (χ0v) is 10.9. The van der Waals surface area contributed by atoms with E-state index in [0.717, 1.165) is 11.3 Å². The molecule has 0 fully saturated rings. The zero-order valence-electron chi connectivity index (χ0n) is 10.9. The Kier molecular flexibility index (Phi) is 3.22. The molecule has 3 aromatic rings. The summed E-state index contributed by atoms with van der Waals surface area (Å²) in [6, 6.07) is 9.99. The molecule has 1 aromatic carbocycles. The maximum Gasteiger partial charge on any atom is 0.169 e. The average Bonchev–Trinajstić information content (AvgIpc) is 2.87. The van der Waals surface area contributed by atoms with Crippen molar-refractivity contribution < 1.29 is 8.81 Å². The van der Waals surface area contributed by atoms with Gasteiger partial charge in [0.1, 0.15) is 11.8 Å². The molecule has 20 heavy (non-hydrogen) atoms. The number of aryl methyl sites for hydroxylation is 1. The molecule has 0 amide bonds. The molecule has 4 nitrogen and oxygen atoms in total. The molecule has 1 unspecified atom stereocenters. The Hall–Kier alpha value is -2.24. The van der Waals surface area contributed by atoms with Gasteiger partial charge in [-0.3, -0.25) is 10.8 Å². The van der Waals surface area contributed by atoms with Crippen LogP contribution in [0.4, 0.5) is 4.39 Å². The molecule has 0 radical (unpaired) electrons. The molecule has 0 aliphatic rings. The highest BCUT2D eigenvalue weighted by molar-refractivity contribution is 5.78. The third kappa shape index (κ3) is 2.07. The van der Waals surface area contributed by atoms with Crippen LogP contribution < -0.4 is 11.3 Å². The van der Waals surface area contributed by atoms with Crippen molar-refractivity contribution in [2.24, 2.45) is 5.84 Å². The number of nitrogens with zero attached hydrogens (tertiary/aromatic N) is 1. The second-order valence-corrected chi connectivity index (χ2v) is 4.58. The van der Waals surface area contributed by atoms with E-state index < -0.39 is 0 Å². The summed E-state index contributed by atoms with van der Waals surface area (Å²) in [5.41, 5.74) is 4.68. The largest absolute Gasteiger partial charge is 0.456 e. The lowest BCUT2D eigenvalue weighted by Crippen LogP contribution is -2.29. The second-order valence-electron chi connectivity index (χ2n) is 4.58. The van der Waals surface area contributed by atoms with Crippen molar-refractivity contribution in [1.29, 1.82) is 0 Å². The number of hydrazine groups is 1. The van der Waals surface area contributed by atoms with Crippen LogP contribution in [-0.4, -0.2) is 4.98 Å². The smallest absolute Gasteiger partial charge is 0.169 e. The number of fused-ring (bicyclic) bond motifs is 1. The van der Waals surface area contributed by atoms with Gasteiger partial charge in [-0.15, -0.1) is 0 Å². The van der Waals surface area contributed by atoms with Gasteiger partial charge in [0.25, 0.3) is 0 Å². The summed E-state index contributed by atoms with van der Waals surface area (Å²) in [7, 11) is 0. The van der Waals surface area contributed by atoms with Gasteiger partial charge in [0.05, 0.1) is 0 Å². The van der Waals surface area contributed by atoms with Gasteiger partial charge in [0, 0.05) is 17.3 Å². The summed E-state index contributed by atoms with van der Waals surface area (Å²) < 4.78 is 19.3. The molecule has 0 saturated carbocycles. The molecule has 0 aliphatic heterocycles. The number of furan rings is 1. The standard InChI is InChI=1S/C15H14FN3O/c1-9-11(5-3-7-18-9)14(19-17)13-8-10-4-2-6-12(16)15(10)20-13/h2-8,14,19H,17H2,1H3. The first-order valence-corrected chi connectivity index (χ1v) is 6.26. The molecule has 5 heteroatoms. The Morgan fingerprint density at radius 1 is 1.30 bits per heavy atom. The fourth-order valence-electron chi connectivity index (χ4n) is 2.32. The Labute approximate surface area is 115 Å². The van der Waals surface area contributed by atoms with Crippen LogP contribution in [0, 0.1) is 12.7 Å². The third-order valence-corrected chi connectivity index (χ3v) is 3.33. The number of hydrogen-bond acceptors (Lipinski definition) is 4. The summed E-state index contributed by atoms with van der Waals surface area (Å²) in [6.45, 7) is 1.89. The number of nitrogens with one attached hydrogen (secondary N) is 1. The van der Waals surface area contributed by atoms with Crippen LogP contribution >= 0.6 is 0 Å². The number of pyridine rings is 1. The first-order valence-electron chi connectivity index (χ1n) is 6.26. The van der Waals surface area contributed by atoms with Crippen molar-refractivity contribution in [3.8, 4) is 0 Å². The van der Waals surface area contributed by atoms with Gasteiger partial charge in [-0.1, -0.05) is 18.2 Å². The predicted octanol–water partition coefficient (Wildman–Crippen LogP) is 2.83. The van der Waals surface area contributed by atoms with Gasteiger partial charge < -0.3 is 4.42 Å². The first kappa shape index (κ1) is 12.8. The molecule has 0 spiro atoms. The highest BCUT2D eigenvalue weighted by atomic mass is 19.1. The normalized spacial score (nSPS) is 12.8. The van der Waals surface area contributed by atoms with Crippen molar-refractivity contribution in [2.75, 3.05) is 0 Å². The predicted molar refractivity (Wildman–Crippen MR) is 74.3 cm³/mol. The maximum absolute atomic E-state index is 13.7. The van der Waals surface area contributed by atoms with Crippen molar-refractivity contribution in [3.05, 3.63) is 65.4 Å². The molecule has 0 aliphatic carbocycles. The molecular weight excluding hydrogens is 257 g/mol. The molecule has 3 N–H and O–H groups in total. The molecule has 0 saturated heterocycles. The van der Waals surface area contributed by atoms with Crippen LogP contribution in [0.25, 0.3) is 11.0 Å². The average molecular weight is 271 g/mol. The van der Waals surface area contributed by atoms with Crippen molar-refractivity contribution in [2.45, 2.75) is 13.0 Å². The van der Waals surface area contributed by atoms with Crippen LogP contribution in [0.3, 0.4) is 0 Å². The van der Waals surface area contributed by atoms with Crippen LogP contribution in [0.15, 0.2) is 47.0 Å². The highest BCUT2D eigenvalue weighted by Gasteiger charge is 2.20. The summed E-state index contributed by atoms with van der Waals surface area (Å²) in [5, 5.41) is 0.710. The van der Waals surface area contributed by atoms with Crippen LogP contribution in [-0.2, 0) is 0 Å². The Morgan fingerprint density at radius 2 is 2.15 bits per heavy atom. The van der Waals surface area contributed by atoms with E-state index in [1.807, 2.05) is 19.1 Å². The van der Waals surface area contributed by atoms with Gasteiger partial charge >= 0.3 is 0 Å². The number of para-hydroxylation sites is 1. The molecule has 1 atom stereocenters. The minimum Gasteiger partial charge on any atom is -0.456 e. The number of hydrogen-bond donors (Lipinski definition) is 2. The molecule has 2 heterocycles. The van der Waals surface area contributed by atoms with Gasteiger partial charge in [0.2, 0.25) is 0 Å². The van der Waals surface area contributed by atoms with E-state index in [1.54, 1.807) is 24.4 Å². The van der Waals surface area contributed by atoms with E-state index in [1.165, 1.54) is 6.07 Å². The van der Waals surface area contributed by atoms with Crippen LogP contribution in [0.2, 0.25) is 0 Å². The van der Waals surface area contributed by atoms with Crippen molar-refractivity contribution in [3.63, 3.8) is 0 Å². The fraction of sp³-hybridized carbons (Fsp3) is 0.133. The van der Waals surface area contributed by atoms with Gasteiger partial charge in [-0.2, -0.15) is 0 Å². The first-order chi connectivity index (χ1) is 9.70. The van der Waals surface area contributed by atoms with Gasteiger partial charge in [-0.25, -0.2) is 9.82 Å². The fourth-order valence-corrected chi connectivity index (χ4v) is 2.32. The monoisotopic (exact) mass is 271 g/mol. The summed E-state index contributed by atoms with van der Waals surface area (Å²) in [4.78, 5) is 4.23. The maximum atomic E-state index is 13.7. The molecular formula is C15H14FN3O. The molecule has 0 bridgehead atoms. The molecule has 2 aromatic heterocycles. The van der Waals surface area contributed by atoms with E-state index in [4.69, 9.17) is 10.3 Å². The van der Waals surface area contributed by atoms with E-state index in [2.05, 4.69) is 10.4 Å². The van der Waals surface area contributed by atoms with Crippen LogP contribution in [0.5, 0.6) is 0 Å². The van der Waals surface area contributed by atoms with E-state index in [9.17, 15) is 4.39 Å². The zero-order chi connectivity index (χ0) is 14.1. The molecule has 102 valence electrons. The summed E-state index contributed by atoms with van der Waals surface area (Å²) >= 11 is 0. The quantitative estimate of drug-likeness (QED) is 0.568. The van der Waals surface area contributed by atoms with Crippen molar-refractivity contribution in [1.82, 2.24) is 10.4 Å². The summed E-state index contributed by atoms with van der Waals surface area (Å²) in [6.07, 6.45) is 1.71. The number of nitrogens with two attached hydrogens (primary N) is 1. The number of rotatable bonds is 3. The lowest BCUT2D eigenvalue weighted by atomic mass is 10.0. The number of benzene rings is 1. The minimum absolute atomic E-state index is 0.240. The van der Waals surface area contributed by atoms with Gasteiger partial charge in [0.15, 0.2) is 11.4 Å². The van der Waals surface area contributed by atoms with Crippen molar-refractivity contribution >= 4 is 11.0 Å². The Balaban J connectivity index is 2.12. The lowest BCUT2D eigenvalue weighted by Gasteiger charge is -2.15. The topological polar surface area (TPSA) is 64.1 Å². The lowest BCUT2D eigenvalue weighted by molar-refractivity contribution is 0.463.